The number of hydrogen-bond acceptors (Lipinski definition) is 4. The van der Waals surface area contributed by atoms with Crippen LogP contribution in [0, 0.1) is 0 Å². The van der Waals surface area contributed by atoms with Gasteiger partial charge in [-0.05, 0) is 31.5 Å². The van der Waals surface area contributed by atoms with Gasteiger partial charge in [-0.15, -0.1) is 0 Å². The Morgan fingerprint density at radius 3 is 2.33 bits per heavy atom. The zero-order valence-electron chi connectivity index (χ0n) is 15.9. The van der Waals surface area contributed by atoms with E-state index in [-0.39, 0.29) is 31.5 Å². The molecule has 7 heteroatoms. The van der Waals surface area contributed by atoms with E-state index in [2.05, 4.69) is 5.32 Å². The van der Waals surface area contributed by atoms with Crippen LogP contribution in [0.4, 0.5) is 5.69 Å². The van der Waals surface area contributed by atoms with E-state index in [4.69, 9.17) is 4.74 Å². The summed E-state index contributed by atoms with van der Waals surface area (Å²) in [5, 5.41) is 2.78. The molecule has 0 aromatic heterocycles. The molecule has 0 aliphatic heterocycles. The van der Waals surface area contributed by atoms with Crippen molar-refractivity contribution >= 4 is 21.6 Å². The van der Waals surface area contributed by atoms with Gasteiger partial charge in [-0.2, -0.15) is 0 Å². The van der Waals surface area contributed by atoms with Gasteiger partial charge in [0.2, 0.25) is 15.9 Å². The average Bonchev–Trinajstić information content (AvgIpc) is 2.59. The fourth-order valence-electron chi connectivity index (χ4n) is 2.62. The maximum atomic E-state index is 12.3. The molecule has 0 aliphatic rings. The summed E-state index contributed by atoms with van der Waals surface area (Å²) in [6.07, 6.45) is 1.32. The molecule has 2 aromatic rings. The molecule has 0 heterocycles. The molecule has 0 atom stereocenters. The van der Waals surface area contributed by atoms with Gasteiger partial charge in [0, 0.05) is 6.54 Å². The average molecular weight is 391 g/mol. The van der Waals surface area contributed by atoms with Crippen molar-refractivity contribution in [3.63, 3.8) is 0 Å². The maximum Gasteiger partial charge on any atom is 0.232 e. The molecule has 1 N–H and O–H groups in total. The van der Waals surface area contributed by atoms with Crippen LogP contribution >= 0.6 is 0 Å². The first kappa shape index (κ1) is 20.8. The fourth-order valence-corrected chi connectivity index (χ4v) is 3.55. The van der Waals surface area contributed by atoms with Crippen LogP contribution in [0.15, 0.2) is 54.6 Å². The smallest absolute Gasteiger partial charge is 0.232 e. The quantitative estimate of drug-likeness (QED) is 0.714. The van der Waals surface area contributed by atoms with Gasteiger partial charge < -0.3 is 10.1 Å². The van der Waals surface area contributed by atoms with E-state index in [1.54, 1.807) is 24.3 Å². The van der Waals surface area contributed by atoms with Crippen LogP contribution in [0.1, 0.15) is 19.4 Å². The van der Waals surface area contributed by atoms with Gasteiger partial charge in [0.05, 0.1) is 31.0 Å². The molecule has 0 saturated carbocycles. The molecule has 0 unspecified atom stereocenters. The van der Waals surface area contributed by atoms with Crippen molar-refractivity contribution in [2.24, 2.45) is 0 Å². The van der Waals surface area contributed by atoms with Crippen molar-refractivity contribution in [1.82, 2.24) is 5.32 Å². The van der Waals surface area contributed by atoms with E-state index >= 15 is 0 Å². The Kier molecular flexibility index (Phi) is 7.24. The first-order valence-electron chi connectivity index (χ1n) is 8.81. The van der Waals surface area contributed by atoms with Crippen LogP contribution in [-0.4, -0.2) is 39.8 Å². The highest BCUT2D eigenvalue weighted by Gasteiger charge is 2.21. The number of carbonyl (C=O) groups is 1. The third-order valence-electron chi connectivity index (χ3n) is 3.74. The number of anilines is 1. The minimum absolute atomic E-state index is 0.0851. The topological polar surface area (TPSA) is 75.7 Å². The second-order valence-corrected chi connectivity index (χ2v) is 8.39. The lowest BCUT2D eigenvalue weighted by atomic mass is 10.1. The molecular formula is C20H26N2O4S. The first-order valence-corrected chi connectivity index (χ1v) is 10.7. The van der Waals surface area contributed by atoms with Crippen molar-refractivity contribution in [1.29, 1.82) is 0 Å². The fraction of sp³-hybridized carbons (Fsp3) is 0.350. The molecule has 27 heavy (non-hydrogen) atoms. The number of sulfonamides is 1. The summed E-state index contributed by atoms with van der Waals surface area (Å²) in [5.74, 6) is 0.343. The molecule has 1 amide bonds. The summed E-state index contributed by atoms with van der Waals surface area (Å²) >= 11 is 0. The predicted octanol–water partition coefficient (Wildman–Crippen LogP) is 2.60. The SMILES string of the molecule is CC(C)Oc1ccccc1N(CCNC(=O)Cc1ccccc1)S(C)(=O)=O. The Labute approximate surface area is 161 Å². The van der Waals surface area contributed by atoms with Crippen molar-refractivity contribution in [2.45, 2.75) is 26.4 Å². The molecule has 146 valence electrons. The molecule has 2 aromatic carbocycles. The monoisotopic (exact) mass is 390 g/mol. The standard InChI is InChI=1S/C20H26N2O4S/c1-16(2)26-19-12-8-7-11-18(19)22(27(3,24)25)14-13-21-20(23)15-17-9-5-4-6-10-17/h4-12,16H,13-15H2,1-3H3,(H,21,23). The second-order valence-electron chi connectivity index (χ2n) is 6.48. The van der Waals surface area contributed by atoms with Crippen molar-refractivity contribution in [3.8, 4) is 5.75 Å². The number of hydrogen-bond donors (Lipinski definition) is 1. The van der Waals surface area contributed by atoms with E-state index in [9.17, 15) is 13.2 Å². The second kappa shape index (κ2) is 9.41. The van der Waals surface area contributed by atoms with Crippen LogP contribution < -0.4 is 14.4 Å². The summed E-state index contributed by atoms with van der Waals surface area (Å²) in [6, 6.07) is 16.4. The summed E-state index contributed by atoms with van der Waals surface area (Å²) in [6.45, 7) is 4.09. The lowest BCUT2D eigenvalue weighted by Gasteiger charge is -2.25. The molecule has 2 rings (SSSR count). The molecular weight excluding hydrogens is 364 g/mol. The largest absolute Gasteiger partial charge is 0.489 e. The number of nitrogens with zero attached hydrogens (tertiary/aromatic N) is 1. The molecule has 0 bridgehead atoms. The highest BCUT2D eigenvalue weighted by atomic mass is 32.2. The molecule has 0 radical (unpaired) electrons. The molecule has 0 saturated heterocycles. The third-order valence-corrected chi connectivity index (χ3v) is 4.92. The minimum Gasteiger partial charge on any atom is -0.489 e. The minimum atomic E-state index is -3.53. The zero-order valence-corrected chi connectivity index (χ0v) is 16.7. The van der Waals surface area contributed by atoms with Gasteiger partial charge in [-0.25, -0.2) is 8.42 Å². The van der Waals surface area contributed by atoms with Gasteiger partial charge in [0.25, 0.3) is 0 Å². The third kappa shape index (κ3) is 6.60. The van der Waals surface area contributed by atoms with E-state index in [0.717, 1.165) is 11.8 Å². The number of benzene rings is 2. The Balaban J connectivity index is 2.05. The predicted molar refractivity (Wildman–Crippen MR) is 108 cm³/mol. The number of rotatable bonds is 9. The Bertz CT molecular complexity index is 851. The lowest BCUT2D eigenvalue weighted by Crippen LogP contribution is -2.38. The number of carbonyl (C=O) groups excluding carboxylic acids is 1. The number of amides is 1. The van der Waals surface area contributed by atoms with Crippen LogP contribution in [0.5, 0.6) is 5.75 Å². The van der Waals surface area contributed by atoms with Crippen LogP contribution in [0.3, 0.4) is 0 Å². The van der Waals surface area contributed by atoms with Gasteiger partial charge >= 0.3 is 0 Å². The highest BCUT2D eigenvalue weighted by Crippen LogP contribution is 2.30. The van der Waals surface area contributed by atoms with Crippen LogP contribution in [-0.2, 0) is 21.2 Å². The summed E-state index contributed by atoms with van der Waals surface area (Å²) in [7, 11) is -3.53. The van der Waals surface area contributed by atoms with E-state index in [0.29, 0.717) is 11.4 Å². The highest BCUT2D eigenvalue weighted by molar-refractivity contribution is 7.92. The summed E-state index contributed by atoms with van der Waals surface area (Å²) in [4.78, 5) is 12.1. The van der Waals surface area contributed by atoms with E-state index in [1.165, 1.54) is 4.31 Å². The normalized spacial score (nSPS) is 11.3. The number of nitrogens with one attached hydrogen (secondary N) is 1. The molecule has 0 fully saturated rings. The summed E-state index contributed by atoms with van der Waals surface area (Å²) < 4.78 is 31.6. The van der Waals surface area contributed by atoms with Crippen LogP contribution in [0.25, 0.3) is 0 Å². The van der Waals surface area contributed by atoms with Crippen molar-refractivity contribution in [3.05, 3.63) is 60.2 Å². The van der Waals surface area contributed by atoms with Gasteiger partial charge in [0.1, 0.15) is 5.75 Å². The molecule has 0 aliphatic carbocycles. The van der Waals surface area contributed by atoms with Gasteiger partial charge in [0.15, 0.2) is 0 Å². The van der Waals surface area contributed by atoms with E-state index in [1.807, 2.05) is 44.2 Å². The Hall–Kier alpha value is -2.54. The summed E-state index contributed by atoms with van der Waals surface area (Å²) in [5.41, 5.74) is 1.37. The first-order chi connectivity index (χ1) is 12.8. The molecule has 0 spiro atoms. The number of para-hydroxylation sites is 2. The van der Waals surface area contributed by atoms with Crippen molar-refractivity contribution < 1.29 is 17.9 Å². The van der Waals surface area contributed by atoms with Crippen molar-refractivity contribution in [2.75, 3.05) is 23.7 Å². The Morgan fingerprint density at radius 1 is 1.07 bits per heavy atom. The Morgan fingerprint density at radius 2 is 1.70 bits per heavy atom. The zero-order chi connectivity index (χ0) is 19.9. The van der Waals surface area contributed by atoms with Gasteiger partial charge in [-0.3, -0.25) is 9.10 Å². The van der Waals surface area contributed by atoms with Gasteiger partial charge in [-0.1, -0.05) is 42.5 Å². The van der Waals surface area contributed by atoms with E-state index < -0.39 is 10.0 Å². The molecule has 6 nitrogen and oxygen atoms in total. The maximum absolute atomic E-state index is 12.3. The van der Waals surface area contributed by atoms with Crippen LogP contribution in [0.2, 0.25) is 0 Å². The lowest BCUT2D eigenvalue weighted by molar-refractivity contribution is -0.120. The number of ether oxygens (including phenoxy) is 1.